The summed E-state index contributed by atoms with van der Waals surface area (Å²) >= 11 is 0. The summed E-state index contributed by atoms with van der Waals surface area (Å²) in [6.45, 7) is 10.3. The molecule has 0 heterocycles. The Morgan fingerprint density at radius 2 is 2.17 bits per heavy atom. The highest BCUT2D eigenvalue weighted by Crippen LogP contribution is 2.22. The van der Waals surface area contributed by atoms with Crippen molar-refractivity contribution in [3.63, 3.8) is 0 Å². The maximum atomic E-state index is 5.80. The maximum absolute atomic E-state index is 5.80. The monoisotopic (exact) mass is 250 g/mol. The van der Waals surface area contributed by atoms with Crippen LogP contribution in [0.3, 0.4) is 0 Å². The molecule has 4 nitrogen and oxygen atoms in total. The third-order valence-corrected chi connectivity index (χ3v) is 2.16. The van der Waals surface area contributed by atoms with Crippen molar-refractivity contribution >= 4 is 11.4 Å². The number of anilines is 2. The summed E-state index contributed by atoms with van der Waals surface area (Å²) in [4.78, 5) is 0. The Labute approximate surface area is 109 Å². The van der Waals surface area contributed by atoms with Crippen LogP contribution in [0.1, 0.15) is 13.8 Å². The lowest BCUT2D eigenvalue weighted by Crippen LogP contribution is -2.10. The Morgan fingerprint density at radius 3 is 2.83 bits per heavy atom. The van der Waals surface area contributed by atoms with Gasteiger partial charge in [0.25, 0.3) is 0 Å². The lowest BCUT2D eigenvalue weighted by molar-refractivity contribution is 0.167. The van der Waals surface area contributed by atoms with Gasteiger partial charge in [-0.3, -0.25) is 0 Å². The van der Waals surface area contributed by atoms with Crippen molar-refractivity contribution in [1.29, 1.82) is 0 Å². The van der Waals surface area contributed by atoms with Crippen molar-refractivity contribution in [2.75, 3.05) is 37.4 Å². The normalized spacial score (nSPS) is 10.1. The quantitative estimate of drug-likeness (QED) is 0.423. The second-order valence-electron chi connectivity index (χ2n) is 4.16. The fourth-order valence-corrected chi connectivity index (χ4v) is 1.49. The molecule has 4 heteroatoms. The highest BCUT2D eigenvalue weighted by Gasteiger charge is 1.99. The molecule has 3 N–H and O–H groups in total. The van der Waals surface area contributed by atoms with E-state index >= 15 is 0 Å². The molecule has 0 saturated carbocycles. The van der Waals surface area contributed by atoms with Crippen LogP contribution in [0.5, 0.6) is 5.75 Å². The summed E-state index contributed by atoms with van der Waals surface area (Å²) in [6, 6.07) is 5.62. The molecule has 0 spiro atoms. The zero-order valence-corrected chi connectivity index (χ0v) is 11.2. The molecule has 0 atom stereocenters. The molecule has 0 aliphatic rings. The van der Waals surface area contributed by atoms with Crippen LogP contribution in [0.25, 0.3) is 0 Å². The van der Waals surface area contributed by atoms with Crippen molar-refractivity contribution in [1.82, 2.24) is 0 Å². The van der Waals surface area contributed by atoms with Gasteiger partial charge in [-0.05, 0) is 19.9 Å². The van der Waals surface area contributed by atoms with E-state index in [1.165, 1.54) is 0 Å². The molecule has 0 unspecified atom stereocenters. The molecule has 0 bridgehead atoms. The van der Waals surface area contributed by atoms with Crippen LogP contribution in [-0.2, 0) is 4.74 Å². The molecule has 1 aromatic carbocycles. The second kappa shape index (κ2) is 7.61. The third kappa shape index (κ3) is 5.59. The van der Waals surface area contributed by atoms with E-state index < -0.39 is 0 Å². The Kier molecular flexibility index (Phi) is 6.08. The van der Waals surface area contributed by atoms with Crippen LogP contribution in [0.15, 0.2) is 30.4 Å². The van der Waals surface area contributed by atoms with Crippen LogP contribution < -0.4 is 15.8 Å². The number of rotatable bonds is 8. The van der Waals surface area contributed by atoms with E-state index in [0.29, 0.717) is 25.5 Å². The van der Waals surface area contributed by atoms with Gasteiger partial charge in [0.2, 0.25) is 0 Å². The molecule has 100 valence electrons. The minimum atomic E-state index is 0.600. The van der Waals surface area contributed by atoms with Crippen LogP contribution in [0, 0.1) is 0 Å². The predicted octanol–water partition coefficient (Wildman–Crippen LogP) is 2.67. The predicted molar refractivity (Wildman–Crippen MR) is 76.1 cm³/mol. The van der Waals surface area contributed by atoms with E-state index in [-0.39, 0.29) is 0 Å². The zero-order chi connectivity index (χ0) is 13.4. The summed E-state index contributed by atoms with van der Waals surface area (Å²) in [5.74, 6) is 0.780. The standard InChI is InChI=1S/C14H22N2O2/c1-4-18-14-8-12(15)7-13(9-14)16-5-6-17-10-11(2)3/h7-9,16H,2,4-6,10,15H2,1,3H3. The van der Waals surface area contributed by atoms with Gasteiger partial charge in [0.1, 0.15) is 5.75 Å². The summed E-state index contributed by atoms with van der Waals surface area (Å²) < 4.78 is 10.8. The third-order valence-electron chi connectivity index (χ3n) is 2.16. The lowest BCUT2D eigenvalue weighted by Gasteiger charge is -2.10. The van der Waals surface area contributed by atoms with E-state index in [2.05, 4.69) is 11.9 Å². The SMILES string of the molecule is C=C(C)COCCNc1cc(N)cc(OCC)c1. The average Bonchev–Trinajstić information content (AvgIpc) is 2.28. The van der Waals surface area contributed by atoms with Gasteiger partial charge in [0.05, 0.1) is 19.8 Å². The number of hydrogen-bond donors (Lipinski definition) is 2. The molecule has 0 aromatic heterocycles. The molecule has 0 radical (unpaired) electrons. The smallest absolute Gasteiger partial charge is 0.123 e. The first-order valence-corrected chi connectivity index (χ1v) is 6.11. The molecule has 0 fully saturated rings. The van der Waals surface area contributed by atoms with Crippen molar-refractivity contribution < 1.29 is 9.47 Å². The summed E-state index contributed by atoms with van der Waals surface area (Å²) in [7, 11) is 0. The van der Waals surface area contributed by atoms with E-state index in [9.17, 15) is 0 Å². The van der Waals surface area contributed by atoms with Gasteiger partial charge in [0.15, 0.2) is 0 Å². The zero-order valence-electron chi connectivity index (χ0n) is 11.2. The molecule has 1 aromatic rings. The molecule has 1 rings (SSSR count). The van der Waals surface area contributed by atoms with E-state index in [1.54, 1.807) is 0 Å². The van der Waals surface area contributed by atoms with E-state index in [1.807, 2.05) is 32.0 Å². The van der Waals surface area contributed by atoms with Crippen LogP contribution in [0.4, 0.5) is 11.4 Å². The molecule has 0 aliphatic heterocycles. The van der Waals surface area contributed by atoms with Gasteiger partial charge in [-0.2, -0.15) is 0 Å². The van der Waals surface area contributed by atoms with E-state index in [0.717, 1.165) is 23.6 Å². The van der Waals surface area contributed by atoms with Gasteiger partial charge in [-0.1, -0.05) is 12.2 Å². The van der Waals surface area contributed by atoms with Crippen molar-refractivity contribution in [2.45, 2.75) is 13.8 Å². The Balaban J connectivity index is 2.39. The fraction of sp³-hybridized carbons (Fsp3) is 0.429. The Bertz CT molecular complexity index is 391. The van der Waals surface area contributed by atoms with Gasteiger partial charge in [-0.25, -0.2) is 0 Å². The van der Waals surface area contributed by atoms with Crippen molar-refractivity contribution in [3.8, 4) is 5.75 Å². The highest BCUT2D eigenvalue weighted by atomic mass is 16.5. The number of nitrogens with one attached hydrogen (secondary N) is 1. The Morgan fingerprint density at radius 1 is 1.39 bits per heavy atom. The summed E-state index contributed by atoms with van der Waals surface area (Å²) in [5.41, 5.74) is 8.45. The van der Waals surface area contributed by atoms with Gasteiger partial charge < -0.3 is 20.5 Å². The van der Waals surface area contributed by atoms with Crippen molar-refractivity contribution in [2.24, 2.45) is 0 Å². The molecule has 0 amide bonds. The first-order chi connectivity index (χ1) is 8.61. The minimum Gasteiger partial charge on any atom is -0.494 e. The fourth-order valence-electron chi connectivity index (χ4n) is 1.49. The minimum absolute atomic E-state index is 0.600. The molecule has 0 aliphatic carbocycles. The van der Waals surface area contributed by atoms with Crippen LogP contribution in [-0.4, -0.2) is 26.4 Å². The summed E-state index contributed by atoms with van der Waals surface area (Å²) in [6.07, 6.45) is 0. The largest absolute Gasteiger partial charge is 0.494 e. The first kappa shape index (κ1) is 14.4. The van der Waals surface area contributed by atoms with Gasteiger partial charge in [0, 0.05) is 30.1 Å². The number of benzene rings is 1. The highest BCUT2D eigenvalue weighted by molar-refractivity contribution is 5.59. The first-order valence-electron chi connectivity index (χ1n) is 6.11. The number of nitrogens with two attached hydrogens (primary N) is 1. The molecule has 0 saturated heterocycles. The molecule has 18 heavy (non-hydrogen) atoms. The van der Waals surface area contributed by atoms with Crippen LogP contribution >= 0.6 is 0 Å². The number of hydrogen-bond acceptors (Lipinski definition) is 4. The second-order valence-corrected chi connectivity index (χ2v) is 4.16. The van der Waals surface area contributed by atoms with Gasteiger partial charge in [-0.15, -0.1) is 0 Å². The topological polar surface area (TPSA) is 56.5 Å². The number of ether oxygens (including phenoxy) is 2. The summed E-state index contributed by atoms with van der Waals surface area (Å²) in [5, 5.41) is 3.24. The van der Waals surface area contributed by atoms with Gasteiger partial charge >= 0.3 is 0 Å². The van der Waals surface area contributed by atoms with Crippen LogP contribution in [0.2, 0.25) is 0 Å². The maximum Gasteiger partial charge on any atom is 0.123 e. The Hall–Kier alpha value is -1.68. The van der Waals surface area contributed by atoms with E-state index in [4.69, 9.17) is 15.2 Å². The van der Waals surface area contributed by atoms with Crippen molar-refractivity contribution in [3.05, 3.63) is 30.4 Å². The average molecular weight is 250 g/mol. The number of nitrogen functional groups attached to an aromatic ring is 1. The molecular weight excluding hydrogens is 228 g/mol. The lowest BCUT2D eigenvalue weighted by atomic mass is 10.2. The molecular formula is C14H22N2O2.